The lowest BCUT2D eigenvalue weighted by molar-refractivity contribution is -0.116. The van der Waals surface area contributed by atoms with Crippen LogP contribution in [-0.4, -0.2) is 19.6 Å². The van der Waals surface area contributed by atoms with E-state index in [4.69, 9.17) is 25.5 Å². The highest BCUT2D eigenvalue weighted by molar-refractivity contribution is 6.31. The first-order valence-corrected chi connectivity index (χ1v) is 11.4. The third-order valence-corrected chi connectivity index (χ3v) is 5.92. The first-order valence-electron chi connectivity index (χ1n) is 11.0. The lowest BCUT2D eigenvalue weighted by atomic mass is 9.99. The van der Waals surface area contributed by atoms with Gasteiger partial charge in [-0.25, -0.2) is 0 Å². The van der Waals surface area contributed by atoms with E-state index >= 15 is 0 Å². The van der Waals surface area contributed by atoms with Gasteiger partial charge in [0.25, 0.3) is 0 Å². The van der Waals surface area contributed by atoms with Gasteiger partial charge < -0.3 is 19.2 Å². The first-order chi connectivity index (χ1) is 16.5. The summed E-state index contributed by atoms with van der Waals surface area (Å²) in [6.45, 7) is 4.81. The molecule has 0 fully saturated rings. The minimum atomic E-state index is -0.210. The predicted octanol–water partition coefficient (Wildman–Crippen LogP) is 6.88. The molecule has 0 aliphatic carbocycles. The Morgan fingerprint density at radius 2 is 1.88 bits per heavy atom. The van der Waals surface area contributed by atoms with Crippen LogP contribution in [0.3, 0.4) is 0 Å². The van der Waals surface area contributed by atoms with Crippen LogP contribution in [0.2, 0.25) is 5.02 Å². The van der Waals surface area contributed by atoms with Crippen LogP contribution >= 0.6 is 11.6 Å². The molecule has 1 N–H and O–H groups in total. The molecule has 0 spiro atoms. The number of nitrogens with one attached hydrogen (secondary N) is 1. The number of furan rings is 1. The molecule has 34 heavy (non-hydrogen) atoms. The number of amides is 1. The smallest absolute Gasteiger partial charge is 0.244 e. The van der Waals surface area contributed by atoms with E-state index in [0.717, 1.165) is 39.0 Å². The second kappa shape index (κ2) is 10.5. The average molecular weight is 476 g/mol. The van der Waals surface area contributed by atoms with Crippen LogP contribution in [0.25, 0.3) is 27.7 Å². The van der Waals surface area contributed by atoms with E-state index in [0.29, 0.717) is 29.5 Å². The molecular formula is C28H26ClNO4. The van der Waals surface area contributed by atoms with Crippen LogP contribution < -0.4 is 14.8 Å². The second-order valence-electron chi connectivity index (χ2n) is 7.79. The summed E-state index contributed by atoms with van der Waals surface area (Å²) in [5, 5.41) is 4.45. The monoisotopic (exact) mass is 475 g/mol. The van der Waals surface area contributed by atoms with Gasteiger partial charge in [0, 0.05) is 40.2 Å². The maximum Gasteiger partial charge on any atom is 0.244 e. The molecule has 1 heterocycles. The molecular weight excluding hydrogens is 450 g/mol. The molecule has 0 saturated carbocycles. The summed E-state index contributed by atoms with van der Waals surface area (Å²) in [6.07, 6.45) is 3.30. The van der Waals surface area contributed by atoms with Crippen molar-refractivity contribution in [3.63, 3.8) is 0 Å². The highest BCUT2D eigenvalue weighted by Gasteiger charge is 2.15. The van der Waals surface area contributed by atoms with E-state index < -0.39 is 0 Å². The van der Waals surface area contributed by atoms with E-state index in [-0.39, 0.29) is 5.91 Å². The molecule has 6 heteroatoms. The Hall–Kier alpha value is -3.70. The lowest BCUT2D eigenvalue weighted by Gasteiger charge is -2.11. The second-order valence-corrected chi connectivity index (χ2v) is 8.20. The van der Waals surface area contributed by atoms with Crippen LogP contribution in [0, 0.1) is 0 Å². The number of rotatable bonds is 8. The Morgan fingerprint density at radius 3 is 2.59 bits per heavy atom. The van der Waals surface area contributed by atoms with Gasteiger partial charge in [0.15, 0.2) is 0 Å². The van der Waals surface area contributed by atoms with Crippen LogP contribution in [0.5, 0.6) is 11.5 Å². The van der Waals surface area contributed by atoms with E-state index in [1.807, 2.05) is 68.4 Å². The van der Waals surface area contributed by atoms with E-state index in [1.165, 1.54) is 0 Å². The maximum absolute atomic E-state index is 12.6. The average Bonchev–Trinajstić information content (AvgIpc) is 3.26. The number of hydrogen-bond donors (Lipinski definition) is 1. The highest BCUT2D eigenvalue weighted by atomic mass is 35.5. The number of halogens is 1. The predicted molar refractivity (Wildman–Crippen MR) is 136 cm³/mol. The standard InChI is InChI=1S/C28H26ClNO4/c1-4-33-21-11-9-19(10-12-21)24-17-34-27-15-26(32-3)22(14-23(24)27)18(2)13-28(31)30-16-20-7-5-6-8-25(20)29/h5-15,17H,4,16H2,1-3H3,(H,30,31)/b18-13+. The van der Waals surface area contributed by atoms with Gasteiger partial charge >= 0.3 is 0 Å². The molecule has 0 atom stereocenters. The Kier molecular flexibility index (Phi) is 7.24. The molecule has 4 rings (SSSR count). The van der Waals surface area contributed by atoms with E-state index in [9.17, 15) is 4.79 Å². The van der Waals surface area contributed by atoms with Crippen molar-refractivity contribution in [1.82, 2.24) is 5.32 Å². The molecule has 1 aromatic heterocycles. The number of benzene rings is 3. The number of carbonyl (C=O) groups is 1. The number of ether oxygens (including phenoxy) is 2. The normalized spacial score (nSPS) is 11.5. The number of methoxy groups -OCH3 is 1. The topological polar surface area (TPSA) is 60.7 Å². The van der Waals surface area contributed by atoms with Gasteiger partial charge in [0.05, 0.1) is 20.0 Å². The van der Waals surface area contributed by atoms with Gasteiger partial charge in [-0.15, -0.1) is 0 Å². The van der Waals surface area contributed by atoms with Crippen LogP contribution in [0.15, 0.2) is 77.4 Å². The number of carbonyl (C=O) groups excluding carboxylic acids is 1. The Bertz CT molecular complexity index is 1340. The fourth-order valence-electron chi connectivity index (χ4n) is 3.80. The zero-order valence-electron chi connectivity index (χ0n) is 19.4. The quantitative estimate of drug-likeness (QED) is 0.282. The zero-order valence-corrected chi connectivity index (χ0v) is 20.1. The minimum absolute atomic E-state index is 0.210. The van der Waals surface area contributed by atoms with Crippen molar-refractivity contribution < 1.29 is 18.7 Å². The molecule has 0 unspecified atom stereocenters. The van der Waals surface area contributed by atoms with E-state index in [2.05, 4.69) is 5.32 Å². The van der Waals surface area contributed by atoms with Crippen LogP contribution in [0.4, 0.5) is 0 Å². The largest absolute Gasteiger partial charge is 0.496 e. The molecule has 0 aliphatic rings. The number of hydrogen-bond acceptors (Lipinski definition) is 4. The van der Waals surface area contributed by atoms with Crippen molar-refractivity contribution in [2.24, 2.45) is 0 Å². The molecule has 0 aliphatic heterocycles. The Balaban J connectivity index is 1.62. The Morgan fingerprint density at radius 1 is 1.12 bits per heavy atom. The van der Waals surface area contributed by atoms with Gasteiger partial charge in [-0.05, 0) is 54.8 Å². The van der Waals surface area contributed by atoms with Crippen molar-refractivity contribution >= 4 is 34.1 Å². The van der Waals surface area contributed by atoms with Gasteiger partial charge in [0.1, 0.15) is 17.1 Å². The molecule has 5 nitrogen and oxygen atoms in total. The fraction of sp³-hybridized carbons (Fsp3) is 0.179. The molecule has 1 amide bonds. The lowest BCUT2D eigenvalue weighted by Crippen LogP contribution is -2.20. The Labute approximate surface area is 203 Å². The van der Waals surface area contributed by atoms with E-state index in [1.54, 1.807) is 25.5 Å². The zero-order chi connectivity index (χ0) is 24.1. The third-order valence-electron chi connectivity index (χ3n) is 5.56. The van der Waals surface area contributed by atoms with Crippen molar-refractivity contribution in [3.8, 4) is 22.6 Å². The summed E-state index contributed by atoms with van der Waals surface area (Å²) in [5.41, 5.74) is 5.13. The molecule has 3 aromatic carbocycles. The summed E-state index contributed by atoms with van der Waals surface area (Å²) < 4.78 is 17.0. The first kappa shape index (κ1) is 23.5. The molecule has 174 valence electrons. The molecule has 0 bridgehead atoms. The maximum atomic E-state index is 12.6. The third kappa shape index (κ3) is 5.10. The van der Waals surface area contributed by atoms with Gasteiger partial charge in [-0.2, -0.15) is 0 Å². The molecule has 0 saturated heterocycles. The molecule has 4 aromatic rings. The minimum Gasteiger partial charge on any atom is -0.496 e. The summed E-state index contributed by atoms with van der Waals surface area (Å²) in [4.78, 5) is 12.6. The van der Waals surface area contributed by atoms with Crippen molar-refractivity contribution in [3.05, 3.63) is 89.2 Å². The van der Waals surface area contributed by atoms with Crippen LogP contribution in [0.1, 0.15) is 25.0 Å². The van der Waals surface area contributed by atoms with Crippen molar-refractivity contribution in [1.29, 1.82) is 0 Å². The van der Waals surface area contributed by atoms with Gasteiger partial charge in [-0.3, -0.25) is 4.79 Å². The highest BCUT2D eigenvalue weighted by Crippen LogP contribution is 2.37. The fourth-order valence-corrected chi connectivity index (χ4v) is 4.01. The van der Waals surface area contributed by atoms with Crippen molar-refractivity contribution in [2.45, 2.75) is 20.4 Å². The summed E-state index contributed by atoms with van der Waals surface area (Å²) in [5.74, 6) is 1.24. The summed E-state index contributed by atoms with van der Waals surface area (Å²) >= 11 is 6.18. The summed E-state index contributed by atoms with van der Waals surface area (Å²) in [6, 6.07) is 19.2. The molecule has 0 radical (unpaired) electrons. The van der Waals surface area contributed by atoms with Crippen LogP contribution in [-0.2, 0) is 11.3 Å². The number of fused-ring (bicyclic) bond motifs is 1. The van der Waals surface area contributed by atoms with Crippen molar-refractivity contribution in [2.75, 3.05) is 13.7 Å². The van der Waals surface area contributed by atoms with Gasteiger partial charge in [0.2, 0.25) is 5.91 Å². The number of allylic oxidation sites excluding steroid dienone is 1. The summed E-state index contributed by atoms with van der Waals surface area (Å²) in [7, 11) is 1.60. The van der Waals surface area contributed by atoms with Gasteiger partial charge in [-0.1, -0.05) is 41.9 Å². The SMILES string of the molecule is CCOc1ccc(-c2coc3cc(OC)c(/C(C)=C/C(=O)NCc4ccccc4Cl)cc23)cc1.